The van der Waals surface area contributed by atoms with Crippen molar-refractivity contribution in [2.24, 2.45) is 11.8 Å². The molecule has 2 saturated heterocycles. The number of hydrogen-bond acceptors (Lipinski definition) is 5. The van der Waals surface area contributed by atoms with Crippen LogP contribution in [0.2, 0.25) is 0 Å². The monoisotopic (exact) mass is 403 g/mol. The van der Waals surface area contributed by atoms with Gasteiger partial charge in [0.25, 0.3) is 0 Å². The Kier molecular flexibility index (Phi) is 4.99. The minimum atomic E-state index is -0.496. The summed E-state index contributed by atoms with van der Waals surface area (Å²) in [6.45, 7) is 4.54. The van der Waals surface area contributed by atoms with Gasteiger partial charge in [0.1, 0.15) is 5.82 Å². The van der Waals surface area contributed by atoms with E-state index in [1.54, 1.807) is 6.07 Å². The summed E-state index contributed by atoms with van der Waals surface area (Å²) >= 11 is 0. The molecule has 1 aromatic carbocycles. The number of rotatable bonds is 7. The second-order valence-electron chi connectivity index (χ2n) is 10.1. The Balaban J connectivity index is 1.37. The highest BCUT2D eigenvalue weighted by Crippen LogP contribution is 2.58. The molecule has 0 bridgehead atoms. The average Bonchev–Trinajstić information content (AvgIpc) is 3.38. The van der Waals surface area contributed by atoms with Gasteiger partial charge in [-0.15, -0.1) is 0 Å². The zero-order valence-electron chi connectivity index (χ0n) is 17.7. The van der Waals surface area contributed by atoms with Gasteiger partial charge in [0.2, 0.25) is 0 Å². The fourth-order valence-electron chi connectivity index (χ4n) is 5.76. The first kappa shape index (κ1) is 19.9. The molecule has 4 aliphatic rings. The first-order valence-corrected chi connectivity index (χ1v) is 11.1. The molecule has 2 aliphatic heterocycles. The van der Waals surface area contributed by atoms with Crippen molar-refractivity contribution >= 4 is 0 Å². The number of aliphatic hydroxyl groups excluding tert-OH is 1. The number of aliphatic hydroxyl groups is 1. The van der Waals surface area contributed by atoms with E-state index in [2.05, 4.69) is 34.9 Å². The Morgan fingerprint density at radius 3 is 2.55 bits per heavy atom. The van der Waals surface area contributed by atoms with Crippen molar-refractivity contribution in [3.8, 4) is 0 Å². The highest BCUT2D eigenvalue weighted by atomic mass is 19.1. The van der Waals surface area contributed by atoms with E-state index in [4.69, 9.17) is 4.74 Å². The van der Waals surface area contributed by atoms with Crippen molar-refractivity contribution in [1.29, 1.82) is 0 Å². The second-order valence-corrected chi connectivity index (χ2v) is 10.1. The minimum Gasteiger partial charge on any atom is -0.381 e. The van der Waals surface area contributed by atoms with Crippen molar-refractivity contribution in [3.05, 3.63) is 35.6 Å². The van der Waals surface area contributed by atoms with E-state index in [1.807, 2.05) is 6.07 Å². The van der Waals surface area contributed by atoms with E-state index in [0.717, 1.165) is 63.6 Å². The molecule has 4 fully saturated rings. The summed E-state index contributed by atoms with van der Waals surface area (Å²) in [4.78, 5) is 6.90. The van der Waals surface area contributed by atoms with Crippen LogP contribution < -0.4 is 0 Å². The van der Waals surface area contributed by atoms with E-state index in [-0.39, 0.29) is 16.9 Å². The van der Waals surface area contributed by atoms with Crippen LogP contribution in [0.1, 0.15) is 37.7 Å². The lowest BCUT2D eigenvalue weighted by Crippen LogP contribution is -2.68. The molecule has 2 saturated carbocycles. The van der Waals surface area contributed by atoms with Crippen LogP contribution in [0.3, 0.4) is 0 Å². The van der Waals surface area contributed by atoms with E-state index < -0.39 is 6.35 Å². The van der Waals surface area contributed by atoms with Gasteiger partial charge in [-0.1, -0.05) is 12.1 Å². The molecule has 160 valence electrons. The molecule has 1 spiro atoms. The molecule has 1 unspecified atom stereocenters. The van der Waals surface area contributed by atoms with Gasteiger partial charge in [-0.25, -0.2) is 4.39 Å². The van der Waals surface area contributed by atoms with Gasteiger partial charge >= 0.3 is 0 Å². The van der Waals surface area contributed by atoms with Gasteiger partial charge in [-0.2, -0.15) is 0 Å². The molecular weight excluding hydrogens is 369 g/mol. The SMILES string of the molecule is CN(C)C1(c2cccc(F)c2)CC2(CN(CCC3COC3)C(O)N2CC2CC2)C1. The van der Waals surface area contributed by atoms with Crippen LogP contribution in [0.15, 0.2) is 24.3 Å². The zero-order valence-corrected chi connectivity index (χ0v) is 17.7. The standard InChI is InChI=1S/C23H34FN3O2/c1-25(2)23(19-4-3-5-20(24)10-19)14-22(15-23)16-26(9-8-18-12-29-13-18)21(28)27(22)11-17-6-7-17/h3-5,10,17-18,21,28H,6-9,11-16H2,1-2H3. The predicted molar refractivity (Wildman–Crippen MR) is 110 cm³/mol. The maximum atomic E-state index is 14.0. The summed E-state index contributed by atoms with van der Waals surface area (Å²) < 4.78 is 19.3. The van der Waals surface area contributed by atoms with Gasteiger partial charge in [0.15, 0.2) is 6.35 Å². The molecule has 0 amide bonds. The number of ether oxygens (including phenoxy) is 1. The Bertz CT molecular complexity index is 743. The van der Waals surface area contributed by atoms with Crippen molar-refractivity contribution in [1.82, 2.24) is 14.7 Å². The van der Waals surface area contributed by atoms with Crippen LogP contribution in [0.4, 0.5) is 4.39 Å². The largest absolute Gasteiger partial charge is 0.381 e. The molecule has 5 rings (SSSR count). The molecule has 0 aromatic heterocycles. The summed E-state index contributed by atoms with van der Waals surface area (Å²) in [5.41, 5.74) is 0.870. The Morgan fingerprint density at radius 1 is 1.21 bits per heavy atom. The maximum Gasteiger partial charge on any atom is 0.166 e. The van der Waals surface area contributed by atoms with E-state index in [1.165, 1.54) is 18.9 Å². The second kappa shape index (κ2) is 7.27. The third kappa shape index (κ3) is 3.43. The molecule has 2 heterocycles. The highest BCUT2D eigenvalue weighted by molar-refractivity contribution is 5.33. The van der Waals surface area contributed by atoms with Crippen LogP contribution >= 0.6 is 0 Å². The Morgan fingerprint density at radius 2 is 1.97 bits per heavy atom. The predicted octanol–water partition coefficient (Wildman–Crippen LogP) is 2.46. The van der Waals surface area contributed by atoms with E-state index in [0.29, 0.717) is 5.92 Å². The lowest BCUT2D eigenvalue weighted by molar-refractivity contribution is -0.135. The fraction of sp³-hybridized carbons (Fsp3) is 0.739. The van der Waals surface area contributed by atoms with Crippen molar-refractivity contribution < 1.29 is 14.2 Å². The minimum absolute atomic E-state index is 0.0191. The zero-order chi connectivity index (χ0) is 20.2. The summed E-state index contributed by atoms with van der Waals surface area (Å²) in [5, 5.41) is 11.2. The molecule has 6 heteroatoms. The topological polar surface area (TPSA) is 39.2 Å². The fourth-order valence-corrected chi connectivity index (χ4v) is 5.76. The summed E-state index contributed by atoms with van der Waals surface area (Å²) in [6, 6.07) is 7.09. The van der Waals surface area contributed by atoms with Gasteiger partial charge in [-0.3, -0.25) is 14.7 Å². The lowest BCUT2D eigenvalue weighted by atomic mass is 9.58. The first-order valence-electron chi connectivity index (χ1n) is 11.1. The number of hydrogen-bond donors (Lipinski definition) is 1. The molecule has 1 N–H and O–H groups in total. The van der Waals surface area contributed by atoms with Crippen molar-refractivity contribution in [3.63, 3.8) is 0 Å². The van der Waals surface area contributed by atoms with Crippen molar-refractivity contribution in [2.75, 3.05) is 46.9 Å². The quantitative estimate of drug-likeness (QED) is 0.757. The number of nitrogens with zero attached hydrogens (tertiary/aromatic N) is 3. The first-order chi connectivity index (χ1) is 13.9. The van der Waals surface area contributed by atoms with Crippen molar-refractivity contribution in [2.45, 2.75) is 49.5 Å². The average molecular weight is 404 g/mol. The normalized spacial score (nSPS) is 36.0. The molecule has 0 radical (unpaired) electrons. The highest BCUT2D eigenvalue weighted by Gasteiger charge is 2.64. The number of benzene rings is 1. The van der Waals surface area contributed by atoms with Crippen LogP contribution in [-0.4, -0.2) is 78.6 Å². The Labute approximate surface area is 173 Å². The molecule has 2 aliphatic carbocycles. The molecule has 1 atom stereocenters. The van der Waals surface area contributed by atoms with Gasteiger partial charge in [0.05, 0.1) is 13.2 Å². The summed E-state index contributed by atoms with van der Waals surface area (Å²) in [5.74, 6) is 1.20. The van der Waals surface area contributed by atoms with Crippen LogP contribution in [0.25, 0.3) is 0 Å². The molecule has 5 nitrogen and oxygen atoms in total. The molecular formula is C23H34FN3O2. The molecule has 29 heavy (non-hydrogen) atoms. The Hall–Kier alpha value is -1.05. The van der Waals surface area contributed by atoms with Crippen LogP contribution in [0.5, 0.6) is 0 Å². The lowest BCUT2D eigenvalue weighted by Gasteiger charge is -2.61. The van der Waals surface area contributed by atoms with Gasteiger partial charge in [-0.05, 0) is 69.8 Å². The van der Waals surface area contributed by atoms with Gasteiger partial charge in [0, 0.05) is 36.6 Å². The van der Waals surface area contributed by atoms with E-state index in [9.17, 15) is 9.50 Å². The maximum absolute atomic E-state index is 14.0. The van der Waals surface area contributed by atoms with Gasteiger partial charge < -0.3 is 9.84 Å². The third-order valence-corrected chi connectivity index (χ3v) is 7.86. The summed E-state index contributed by atoms with van der Waals surface area (Å²) in [7, 11) is 4.20. The molecule has 1 aromatic rings. The van der Waals surface area contributed by atoms with Crippen LogP contribution in [-0.2, 0) is 10.3 Å². The number of halogens is 1. The van der Waals surface area contributed by atoms with Crippen LogP contribution in [0, 0.1) is 17.7 Å². The third-order valence-electron chi connectivity index (χ3n) is 7.86. The van der Waals surface area contributed by atoms with E-state index >= 15 is 0 Å². The summed E-state index contributed by atoms with van der Waals surface area (Å²) in [6.07, 6.45) is 5.02. The smallest absolute Gasteiger partial charge is 0.166 e.